The van der Waals surface area contributed by atoms with E-state index in [1.165, 1.54) is 13.2 Å². The highest BCUT2D eigenvalue weighted by molar-refractivity contribution is 5.90. The number of hydrogen-bond donors (Lipinski definition) is 15. The highest BCUT2D eigenvalue weighted by Gasteiger charge is 2.57. The van der Waals surface area contributed by atoms with Gasteiger partial charge >= 0.3 is 23.9 Å². The second-order valence-corrected chi connectivity index (χ2v) is 23.7. The molecule has 4 aliphatic heterocycles. The zero-order chi connectivity index (χ0) is 61.6. The van der Waals surface area contributed by atoms with Crippen molar-refractivity contribution >= 4 is 23.9 Å². The molecule has 8 fully saturated rings. The SMILES string of the molecule is COC1CC(C=CC(=O)OC[C@H]2O[C@@H](O[C@H]3[C@H](OC4CC5C(CC(O)CC5O[C@@H]5O[C@H](COC(=O)CC(=O)O)[C@@H](O)[C@H](O)[C@H]5O)OC4C4CC(O)C(O)C(O)C4)O[C@H](COC(=O)C=CC4CCC(O)CC4)[C@@H](O)[C@@H]3O)[C@H](O)[C@@H](O)[C@@H]2O)CCC1O. The van der Waals surface area contributed by atoms with Crippen LogP contribution in [-0.4, -0.2) is 287 Å². The molecule has 8 rings (SSSR count). The van der Waals surface area contributed by atoms with Gasteiger partial charge in [-0.05, 0) is 88.4 Å². The van der Waals surface area contributed by atoms with Crippen LogP contribution in [0.25, 0.3) is 0 Å². The van der Waals surface area contributed by atoms with Crippen molar-refractivity contribution in [1.29, 1.82) is 0 Å². The van der Waals surface area contributed by atoms with Crippen LogP contribution in [0.1, 0.15) is 83.5 Å². The lowest BCUT2D eigenvalue weighted by Gasteiger charge is -2.53. The molecule has 0 aromatic rings. The van der Waals surface area contributed by atoms with Gasteiger partial charge in [-0.15, -0.1) is 0 Å². The van der Waals surface area contributed by atoms with Crippen LogP contribution in [0.5, 0.6) is 0 Å². The predicted octanol–water partition coefficient (Wildman–Crippen LogP) is -5.43. The highest BCUT2D eigenvalue weighted by atomic mass is 16.8. The number of allylic oxidation sites excluding steroid dienone is 2. The summed E-state index contributed by atoms with van der Waals surface area (Å²) < 4.78 is 65.0. The molecule has 15 N–H and O–H groups in total. The molecule has 4 saturated heterocycles. The van der Waals surface area contributed by atoms with Gasteiger partial charge in [0, 0.05) is 31.6 Å². The summed E-state index contributed by atoms with van der Waals surface area (Å²) in [6.45, 7) is -2.21. The third kappa shape index (κ3) is 17.1. The zero-order valence-corrected chi connectivity index (χ0v) is 46.8. The van der Waals surface area contributed by atoms with Gasteiger partial charge in [-0.25, -0.2) is 9.59 Å². The fourth-order valence-corrected chi connectivity index (χ4v) is 12.8. The van der Waals surface area contributed by atoms with Crippen molar-refractivity contribution in [2.45, 2.75) is 243 Å². The minimum absolute atomic E-state index is 0.0320. The number of aliphatic carboxylic acids is 1. The maximum absolute atomic E-state index is 13.1. The molecular formula is C55H84O30. The van der Waals surface area contributed by atoms with E-state index in [-0.39, 0.29) is 43.9 Å². The quantitative estimate of drug-likeness (QED) is 0.0234. The van der Waals surface area contributed by atoms with Crippen LogP contribution in [0.4, 0.5) is 0 Å². The van der Waals surface area contributed by atoms with E-state index < -0.39 is 221 Å². The summed E-state index contributed by atoms with van der Waals surface area (Å²) in [6, 6.07) is 0. The summed E-state index contributed by atoms with van der Waals surface area (Å²) in [5.74, 6) is -6.36. The molecule has 4 saturated carbocycles. The first-order valence-corrected chi connectivity index (χ1v) is 29.1. The summed E-state index contributed by atoms with van der Waals surface area (Å²) in [7, 11) is 1.46. The van der Waals surface area contributed by atoms with Crippen molar-refractivity contribution in [1.82, 2.24) is 0 Å². The molecule has 30 heteroatoms. The van der Waals surface area contributed by atoms with Crippen LogP contribution in [0.2, 0.25) is 0 Å². The molecule has 26 atom stereocenters. The van der Waals surface area contributed by atoms with Crippen LogP contribution < -0.4 is 0 Å². The summed E-state index contributed by atoms with van der Waals surface area (Å²) in [5.41, 5.74) is 0. The molecule has 0 aromatic carbocycles. The number of ether oxygens (including phenoxy) is 11. The Morgan fingerprint density at radius 1 is 0.459 bits per heavy atom. The van der Waals surface area contributed by atoms with Crippen molar-refractivity contribution in [3.05, 3.63) is 24.3 Å². The van der Waals surface area contributed by atoms with Crippen molar-refractivity contribution in [3.63, 3.8) is 0 Å². The summed E-state index contributed by atoms with van der Waals surface area (Å²) >= 11 is 0. The number of carboxylic acids is 1. The molecule has 4 aliphatic carbocycles. The standard InChI is InChI=1S/C55H84O30/c1-75-33-12-23(4-9-28(33)58)6-11-40(64)76-19-35-43(67)47(71)50(74)54(83-35)85-52-48(72)45(69)37(20-77-39(63)10-5-22-2-7-25(56)8-3-22)84-55(52)81-34-17-27-31(79-51(34)24-13-29(59)42(66)30(60)14-24)15-26(57)16-32(27)80-53-49(73)46(70)44(68)36(82-53)21-78-41(65)18-38(61)62/h5-6,10-11,22-37,42-60,66-74H,2-4,7-9,12-21H2,1H3,(H,61,62)/t22?,23?,24?,25?,26?,27?,28?,29?,30?,31?,32?,33?,34?,35-,36-,37-,42?,43-,44-,45-,46+,47+,48+,49-,50-,51?,52-,53-,54+,55-/m1/s1. The molecule has 0 bridgehead atoms. The van der Waals surface area contributed by atoms with E-state index in [9.17, 15) is 90.7 Å². The van der Waals surface area contributed by atoms with E-state index >= 15 is 0 Å². The Balaban J connectivity index is 1.05. The first kappa shape index (κ1) is 67.4. The number of carbonyl (C=O) groups excluding carboxylic acids is 3. The molecule has 30 nitrogen and oxygen atoms in total. The molecule has 8 aliphatic rings. The molecule has 0 amide bonds. The molecule has 0 radical (unpaired) electrons. The first-order valence-electron chi connectivity index (χ1n) is 29.1. The van der Waals surface area contributed by atoms with Crippen LogP contribution >= 0.6 is 0 Å². The number of methoxy groups -OCH3 is 1. The fraction of sp³-hybridized carbons (Fsp3) is 0.855. The number of rotatable bonds is 20. The molecule has 0 aromatic heterocycles. The topological polar surface area (TPSA) is 473 Å². The summed E-state index contributed by atoms with van der Waals surface area (Å²) in [6.07, 6.45) is -32.9. The number of aliphatic hydroxyl groups excluding tert-OH is 14. The van der Waals surface area contributed by atoms with Crippen molar-refractivity contribution < 1.29 is 148 Å². The molecular weight excluding hydrogens is 1140 g/mol. The number of carboxylic acid groups (broad SMARTS) is 1. The Labute approximate surface area is 488 Å². The Kier molecular flexibility index (Phi) is 24.1. The van der Waals surface area contributed by atoms with Gasteiger partial charge in [0.05, 0.1) is 61.0 Å². The van der Waals surface area contributed by atoms with Gasteiger partial charge in [-0.3, -0.25) is 9.59 Å². The molecule has 11 unspecified atom stereocenters. The van der Waals surface area contributed by atoms with Gasteiger partial charge in [0.15, 0.2) is 18.9 Å². The third-order valence-electron chi connectivity index (χ3n) is 17.7. The van der Waals surface area contributed by atoms with Gasteiger partial charge in [0.25, 0.3) is 0 Å². The lowest BCUT2D eigenvalue weighted by Crippen LogP contribution is -2.66. The third-order valence-corrected chi connectivity index (χ3v) is 17.7. The average molecular weight is 1230 g/mol. The number of esters is 3. The van der Waals surface area contributed by atoms with E-state index in [0.29, 0.717) is 44.9 Å². The fourth-order valence-electron chi connectivity index (χ4n) is 12.8. The Hall–Kier alpha value is -3.52. The zero-order valence-electron chi connectivity index (χ0n) is 46.8. The molecule has 484 valence electrons. The van der Waals surface area contributed by atoms with Gasteiger partial charge in [0.2, 0.25) is 0 Å². The lowest BCUT2D eigenvalue weighted by atomic mass is 9.72. The molecule has 85 heavy (non-hydrogen) atoms. The molecule has 0 spiro atoms. The van der Waals surface area contributed by atoms with Crippen LogP contribution in [0.15, 0.2) is 24.3 Å². The first-order chi connectivity index (χ1) is 40.4. The van der Waals surface area contributed by atoms with Crippen molar-refractivity contribution in [3.8, 4) is 0 Å². The number of aliphatic hydroxyl groups is 14. The Morgan fingerprint density at radius 3 is 1.55 bits per heavy atom. The normalized spacial score (nSPS) is 46.3. The second-order valence-electron chi connectivity index (χ2n) is 23.7. The van der Waals surface area contributed by atoms with E-state index in [4.69, 9.17) is 57.2 Å². The number of hydrogen-bond acceptors (Lipinski definition) is 29. The van der Waals surface area contributed by atoms with Gasteiger partial charge in [0.1, 0.15) is 106 Å². The monoisotopic (exact) mass is 1220 g/mol. The second kappa shape index (κ2) is 30.3. The average Bonchev–Trinajstić information content (AvgIpc) is 2.25. The van der Waals surface area contributed by atoms with E-state index in [2.05, 4.69) is 0 Å². The van der Waals surface area contributed by atoms with Crippen molar-refractivity contribution in [2.75, 3.05) is 26.9 Å². The van der Waals surface area contributed by atoms with E-state index in [1.807, 2.05) is 0 Å². The van der Waals surface area contributed by atoms with Gasteiger partial charge in [-0.1, -0.05) is 12.2 Å². The minimum atomic E-state index is -2.11. The maximum atomic E-state index is 13.1. The van der Waals surface area contributed by atoms with Crippen molar-refractivity contribution in [2.24, 2.45) is 23.7 Å². The Bertz CT molecular complexity index is 2220. The minimum Gasteiger partial charge on any atom is -0.481 e. The summed E-state index contributed by atoms with van der Waals surface area (Å²) in [5, 5.41) is 163. The maximum Gasteiger partial charge on any atom is 0.330 e. The summed E-state index contributed by atoms with van der Waals surface area (Å²) in [4.78, 5) is 49.2. The molecule has 4 heterocycles. The number of fused-ring (bicyclic) bond motifs is 1. The van der Waals surface area contributed by atoms with E-state index in [1.54, 1.807) is 12.2 Å². The smallest absolute Gasteiger partial charge is 0.330 e. The predicted molar refractivity (Wildman–Crippen MR) is 277 cm³/mol. The van der Waals surface area contributed by atoms with Gasteiger partial charge in [-0.2, -0.15) is 0 Å². The number of carbonyl (C=O) groups is 4. The van der Waals surface area contributed by atoms with Crippen LogP contribution in [0, 0.1) is 23.7 Å². The highest BCUT2D eigenvalue weighted by Crippen LogP contribution is 2.46. The largest absolute Gasteiger partial charge is 0.481 e. The van der Waals surface area contributed by atoms with Gasteiger partial charge < -0.3 is 129 Å². The Morgan fingerprint density at radius 2 is 0.976 bits per heavy atom. The lowest BCUT2D eigenvalue weighted by molar-refractivity contribution is -0.380. The van der Waals surface area contributed by atoms with Crippen LogP contribution in [-0.2, 0) is 71.3 Å². The van der Waals surface area contributed by atoms with Crippen LogP contribution in [0.3, 0.4) is 0 Å². The van der Waals surface area contributed by atoms with E-state index in [0.717, 1.165) is 6.08 Å².